The van der Waals surface area contributed by atoms with Crippen LogP contribution < -0.4 is 15.8 Å². The van der Waals surface area contributed by atoms with Gasteiger partial charge in [-0.3, -0.25) is 4.79 Å². The average Bonchev–Trinajstić information content (AvgIpc) is 3.39. The molecule has 2 aliphatic rings. The van der Waals surface area contributed by atoms with Gasteiger partial charge in [0.25, 0.3) is 5.91 Å². The number of nitrogens with two attached hydrogens (primary N) is 1. The maximum atomic E-state index is 12.8. The third kappa shape index (κ3) is 4.07. The predicted octanol–water partition coefficient (Wildman–Crippen LogP) is 5.61. The van der Waals surface area contributed by atoms with Crippen molar-refractivity contribution < 1.29 is 22.7 Å². The lowest BCUT2D eigenvalue weighted by molar-refractivity contribution is -0.274. The highest BCUT2D eigenvalue weighted by molar-refractivity contribution is 5.98. The van der Waals surface area contributed by atoms with E-state index in [1.807, 2.05) is 28.8 Å². The Morgan fingerprint density at radius 3 is 2.41 bits per heavy atom. The molecule has 1 aromatic heterocycles. The molecule has 1 aliphatic heterocycles. The number of nitrogens with one attached hydrogen (secondary N) is 1. The van der Waals surface area contributed by atoms with Gasteiger partial charge in [-0.15, -0.1) is 13.2 Å². The molecule has 0 spiro atoms. The zero-order valence-electron chi connectivity index (χ0n) is 18.9. The van der Waals surface area contributed by atoms with E-state index in [0.717, 1.165) is 29.7 Å². The van der Waals surface area contributed by atoms with Crippen LogP contribution >= 0.6 is 0 Å². The maximum absolute atomic E-state index is 12.8. The second-order valence-electron chi connectivity index (χ2n) is 9.49. The number of nitrogens with zero attached hydrogens (tertiary/aromatic N) is 1. The minimum atomic E-state index is -4.79. The Balaban J connectivity index is 1.69. The molecule has 1 saturated carbocycles. The molecule has 0 saturated heterocycles. The molecule has 5 nitrogen and oxygen atoms in total. The molecule has 1 atom stereocenters. The number of benzene rings is 2. The number of ether oxygens (including phenoxy) is 1. The van der Waals surface area contributed by atoms with E-state index in [2.05, 4.69) is 23.9 Å². The van der Waals surface area contributed by atoms with Crippen LogP contribution in [-0.4, -0.2) is 23.4 Å². The standard InChI is InChI=1S/C26H26F3N3O2/c1-15(2)22-14-31-24(33)21-13-20(17-4-3-5-19(12-17)34-26(27,28)29)23(32(21)22)16-6-8-18(9-7-16)25(30)10-11-25/h3-9,12-13,15,22H,10-11,14,30H2,1-2H3,(H,31,33)/t22-/m1/s1. The molecule has 0 radical (unpaired) electrons. The van der Waals surface area contributed by atoms with E-state index in [1.165, 1.54) is 18.2 Å². The molecule has 2 heterocycles. The molecule has 1 amide bonds. The molecule has 2 aromatic carbocycles. The van der Waals surface area contributed by atoms with Gasteiger partial charge >= 0.3 is 6.36 Å². The summed E-state index contributed by atoms with van der Waals surface area (Å²) >= 11 is 0. The lowest BCUT2D eigenvalue weighted by atomic mass is 9.97. The van der Waals surface area contributed by atoms with E-state index in [4.69, 9.17) is 5.73 Å². The van der Waals surface area contributed by atoms with Gasteiger partial charge in [-0.25, -0.2) is 0 Å². The van der Waals surface area contributed by atoms with E-state index in [-0.39, 0.29) is 29.2 Å². The fourth-order valence-corrected chi connectivity index (χ4v) is 4.72. The quantitative estimate of drug-likeness (QED) is 0.510. The van der Waals surface area contributed by atoms with E-state index in [0.29, 0.717) is 23.4 Å². The molecule has 0 bridgehead atoms. The van der Waals surface area contributed by atoms with Gasteiger partial charge in [0.15, 0.2) is 0 Å². The van der Waals surface area contributed by atoms with Crippen LogP contribution in [0.2, 0.25) is 0 Å². The monoisotopic (exact) mass is 469 g/mol. The van der Waals surface area contributed by atoms with Gasteiger partial charge in [0.2, 0.25) is 0 Å². The second kappa shape index (κ2) is 7.91. The Morgan fingerprint density at radius 2 is 1.79 bits per heavy atom. The summed E-state index contributed by atoms with van der Waals surface area (Å²) in [7, 11) is 0. The van der Waals surface area contributed by atoms with Crippen molar-refractivity contribution in [1.29, 1.82) is 0 Å². The number of hydrogen-bond donors (Lipinski definition) is 2. The van der Waals surface area contributed by atoms with Crippen molar-refractivity contribution >= 4 is 5.91 Å². The summed E-state index contributed by atoms with van der Waals surface area (Å²) in [6.07, 6.45) is -2.90. The van der Waals surface area contributed by atoms with E-state index in [1.54, 1.807) is 12.1 Å². The van der Waals surface area contributed by atoms with E-state index >= 15 is 0 Å². The number of aromatic nitrogens is 1. The van der Waals surface area contributed by atoms with Gasteiger partial charge in [0.05, 0.1) is 11.7 Å². The topological polar surface area (TPSA) is 69.3 Å². The van der Waals surface area contributed by atoms with Crippen LogP contribution in [0.4, 0.5) is 13.2 Å². The zero-order chi connectivity index (χ0) is 24.3. The van der Waals surface area contributed by atoms with Gasteiger partial charge in [-0.05, 0) is 53.6 Å². The Kier molecular flexibility index (Phi) is 5.24. The number of amides is 1. The highest BCUT2D eigenvalue weighted by Gasteiger charge is 2.40. The molecule has 34 heavy (non-hydrogen) atoms. The number of carbonyl (C=O) groups is 1. The van der Waals surface area contributed by atoms with Crippen molar-refractivity contribution in [1.82, 2.24) is 9.88 Å². The first kappa shape index (κ1) is 22.5. The molecular weight excluding hydrogens is 443 g/mol. The van der Waals surface area contributed by atoms with Crippen molar-refractivity contribution in [2.75, 3.05) is 6.54 Å². The van der Waals surface area contributed by atoms with Gasteiger partial charge in [-0.1, -0.05) is 50.2 Å². The van der Waals surface area contributed by atoms with Crippen molar-refractivity contribution in [2.24, 2.45) is 11.7 Å². The lowest BCUT2D eigenvalue weighted by Crippen LogP contribution is -2.40. The Bertz CT molecular complexity index is 1240. The molecule has 3 aromatic rings. The van der Waals surface area contributed by atoms with Crippen LogP contribution in [0.15, 0.2) is 54.6 Å². The summed E-state index contributed by atoms with van der Waals surface area (Å²) < 4.78 is 44.7. The van der Waals surface area contributed by atoms with Crippen LogP contribution in [0, 0.1) is 5.92 Å². The molecule has 1 fully saturated rings. The van der Waals surface area contributed by atoms with Crippen molar-refractivity contribution in [3.05, 3.63) is 65.9 Å². The molecule has 178 valence electrons. The lowest BCUT2D eigenvalue weighted by Gasteiger charge is -2.31. The SMILES string of the molecule is CC(C)[C@H]1CNC(=O)c2cc(-c3cccc(OC(F)(F)F)c3)c(-c3ccc(C4(N)CC4)cc3)n21. The summed E-state index contributed by atoms with van der Waals surface area (Å²) in [4.78, 5) is 12.8. The maximum Gasteiger partial charge on any atom is 0.573 e. The summed E-state index contributed by atoms with van der Waals surface area (Å²) in [5.41, 5.74) is 10.5. The third-order valence-corrected chi connectivity index (χ3v) is 6.74. The van der Waals surface area contributed by atoms with Gasteiger partial charge in [-0.2, -0.15) is 0 Å². The third-order valence-electron chi connectivity index (χ3n) is 6.74. The largest absolute Gasteiger partial charge is 0.573 e. The number of carbonyl (C=O) groups excluding carboxylic acids is 1. The summed E-state index contributed by atoms with van der Waals surface area (Å²) in [6, 6.07) is 15.6. The minimum absolute atomic E-state index is 0.00461. The van der Waals surface area contributed by atoms with Crippen LogP contribution in [0.3, 0.4) is 0 Å². The summed E-state index contributed by atoms with van der Waals surface area (Å²) in [6.45, 7) is 4.65. The van der Waals surface area contributed by atoms with E-state index < -0.39 is 6.36 Å². The number of hydrogen-bond acceptors (Lipinski definition) is 3. The second-order valence-corrected chi connectivity index (χ2v) is 9.49. The van der Waals surface area contributed by atoms with Crippen LogP contribution in [0.25, 0.3) is 22.4 Å². The minimum Gasteiger partial charge on any atom is -0.406 e. The van der Waals surface area contributed by atoms with E-state index in [9.17, 15) is 18.0 Å². The number of halogens is 3. The Labute approximate surface area is 195 Å². The number of alkyl halides is 3. The fraction of sp³-hybridized carbons (Fsp3) is 0.346. The van der Waals surface area contributed by atoms with Crippen LogP contribution in [0.1, 0.15) is 48.8 Å². The number of fused-ring (bicyclic) bond motifs is 1. The summed E-state index contributed by atoms with van der Waals surface area (Å²) in [5, 5.41) is 2.94. The Hall–Kier alpha value is -3.26. The normalized spacial score (nSPS) is 19.0. The highest BCUT2D eigenvalue weighted by atomic mass is 19.4. The van der Waals surface area contributed by atoms with Crippen LogP contribution in [-0.2, 0) is 5.54 Å². The highest BCUT2D eigenvalue weighted by Crippen LogP contribution is 2.45. The van der Waals surface area contributed by atoms with Gasteiger partial charge in [0.1, 0.15) is 11.4 Å². The molecule has 0 unspecified atom stereocenters. The molecular formula is C26H26F3N3O2. The molecule has 1 aliphatic carbocycles. The fourth-order valence-electron chi connectivity index (χ4n) is 4.72. The van der Waals surface area contributed by atoms with Gasteiger partial charge in [0, 0.05) is 17.6 Å². The Morgan fingerprint density at radius 1 is 1.09 bits per heavy atom. The van der Waals surface area contributed by atoms with Gasteiger partial charge < -0.3 is 20.4 Å². The molecule has 8 heteroatoms. The van der Waals surface area contributed by atoms with Crippen LogP contribution in [0.5, 0.6) is 5.75 Å². The first-order valence-corrected chi connectivity index (χ1v) is 11.4. The predicted molar refractivity (Wildman–Crippen MR) is 123 cm³/mol. The summed E-state index contributed by atoms with van der Waals surface area (Å²) in [5.74, 6) is -0.293. The van der Waals surface area contributed by atoms with Crippen molar-refractivity contribution in [3.8, 4) is 28.1 Å². The number of rotatable bonds is 5. The molecule has 5 rings (SSSR count). The van der Waals surface area contributed by atoms with Crippen molar-refractivity contribution in [3.63, 3.8) is 0 Å². The molecule has 3 N–H and O–H groups in total. The first-order valence-electron chi connectivity index (χ1n) is 11.4. The van der Waals surface area contributed by atoms with Crippen molar-refractivity contribution in [2.45, 2.75) is 44.6 Å². The first-order chi connectivity index (χ1) is 16.1. The zero-order valence-corrected chi connectivity index (χ0v) is 18.9. The smallest absolute Gasteiger partial charge is 0.406 e. The average molecular weight is 470 g/mol.